The molecule has 0 bridgehead atoms. The fraction of sp³-hybridized carbons (Fsp3) is 0.444. The number of fused-ring (bicyclic) bond motifs is 1. The number of carbonyl (C=O) groups is 1. The van der Waals surface area contributed by atoms with Crippen LogP contribution in [0, 0.1) is 13.8 Å². The van der Waals surface area contributed by atoms with E-state index in [1.165, 1.54) is 5.56 Å². The quantitative estimate of drug-likeness (QED) is 0.753. The predicted octanol–water partition coefficient (Wildman–Crippen LogP) is 3.89. The monoisotopic (exact) mass is 334 g/mol. The van der Waals surface area contributed by atoms with E-state index in [9.17, 15) is 4.79 Å². The van der Waals surface area contributed by atoms with Crippen LogP contribution in [0.25, 0.3) is 10.9 Å². The van der Waals surface area contributed by atoms with Gasteiger partial charge in [-0.2, -0.15) is 0 Å². The molecule has 0 aliphatic rings. The number of amides is 1. The molecule has 0 saturated carbocycles. The van der Waals surface area contributed by atoms with Crippen LogP contribution >= 0.6 is 11.6 Å². The zero-order chi connectivity index (χ0) is 17.0. The standard InChI is InChI=1S/C18H23ClN2O2/c1-5-16(22)21(8-9-23-4)11-15-10-14-7-6-12(2)13(3)17(14)20-18(15)19/h6-7,10H,5,8-9,11H2,1-4H3. The van der Waals surface area contributed by atoms with E-state index in [4.69, 9.17) is 16.3 Å². The third-order valence-electron chi connectivity index (χ3n) is 4.12. The first-order chi connectivity index (χ1) is 11.0. The smallest absolute Gasteiger partial charge is 0.222 e. The molecule has 0 aliphatic heterocycles. The fourth-order valence-electron chi connectivity index (χ4n) is 2.54. The van der Waals surface area contributed by atoms with E-state index in [0.717, 1.165) is 22.0 Å². The van der Waals surface area contributed by atoms with Gasteiger partial charge >= 0.3 is 0 Å². The van der Waals surface area contributed by atoms with Crippen LogP contribution in [-0.2, 0) is 16.1 Å². The van der Waals surface area contributed by atoms with E-state index < -0.39 is 0 Å². The molecule has 0 aliphatic carbocycles. The summed E-state index contributed by atoms with van der Waals surface area (Å²) in [6, 6.07) is 6.16. The molecular weight excluding hydrogens is 312 g/mol. The lowest BCUT2D eigenvalue weighted by Crippen LogP contribution is -2.33. The zero-order valence-electron chi connectivity index (χ0n) is 14.1. The van der Waals surface area contributed by atoms with Crippen molar-refractivity contribution in [2.75, 3.05) is 20.3 Å². The summed E-state index contributed by atoms with van der Waals surface area (Å²) in [5, 5.41) is 1.50. The summed E-state index contributed by atoms with van der Waals surface area (Å²) in [6.07, 6.45) is 0.459. The van der Waals surface area contributed by atoms with E-state index in [2.05, 4.69) is 18.0 Å². The Morgan fingerprint density at radius 3 is 2.74 bits per heavy atom. The number of rotatable bonds is 6. The number of methoxy groups -OCH3 is 1. The van der Waals surface area contributed by atoms with Crippen LogP contribution in [0.3, 0.4) is 0 Å². The van der Waals surface area contributed by atoms with E-state index in [1.54, 1.807) is 12.0 Å². The summed E-state index contributed by atoms with van der Waals surface area (Å²) in [5.41, 5.74) is 4.11. The molecule has 1 heterocycles. The molecule has 23 heavy (non-hydrogen) atoms. The van der Waals surface area contributed by atoms with Gasteiger partial charge in [-0.3, -0.25) is 4.79 Å². The number of aromatic nitrogens is 1. The molecule has 2 rings (SSSR count). The van der Waals surface area contributed by atoms with Gasteiger partial charge in [0.2, 0.25) is 5.91 Å². The number of ether oxygens (including phenoxy) is 1. The number of benzene rings is 1. The summed E-state index contributed by atoms with van der Waals surface area (Å²) in [5.74, 6) is 0.0818. The molecule has 5 heteroatoms. The highest BCUT2D eigenvalue weighted by molar-refractivity contribution is 6.30. The molecule has 0 spiro atoms. The molecule has 0 N–H and O–H groups in total. The summed E-state index contributed by atoms with van der Waals surface area (Å²) in [6.45, 7) is 7.46. The predicted molar refractivity (Wildman–Crippen MR) is 93.8 cm³/mol. The van der Waals surface area contributed by atoms with E-state index in [-0.39, 0.29) is 5.91 Å². The van der Waals surface area contributed by atoms with Gasteiger partial charge in [-0.25, -0.2) is 4.98 Å². The molecule has 1 aromatic heterocycles. The summed E-state index contributed by atoms with van der Waals surface area (Å²) in [4.78, 5) is 18.4. The van der Waals surface area contributed by atoms with Crippen LogP contribution in [0.2, 0.25) is 5.15 Å². The Hall–Kier alpha value is -1.65. The Balaban J connectivity index is 2.36. The van der Waals surface area contributed by atoms with E-state index in [1.807, 2.05) is 26.0 Å². The van der Waals surface area contributed by atoms with Gasteiger partial charge in [0.05, 0.1) is 12.1 Å². The average molecular weight is 335 g/mol. The number of pyridine rings is 1. The van der Waals surface area contributed by atoms with E-state index in [0.29, 0.717) is 31.3 Å². The normalized spacial score (nSPS) is 11.0. The lowest BCUT2D eigenvalue weighted by Gasteiger charge is -2.22. The molecule has 4 nitrogen and oxygen atoms in total. The number of carbonyl (C=O) groups excluding carboxylic acids is 1. The van der Waals surface area contributed by atoms with Crippen molar-refractivity contribution in [2.24, 2.45) is 0 Å². The Labute approximate surface area is 142 Å². The summed E-state index contributed by atoms with van der Waals surface area (Å²) >= 11 is 6.37. The Morgan fingerprint density at radius 2 is 2.09 bits per heavy atom. The first-order valence-electron chi connectivity index (χ1n) is 7.80. The third kappa shape index (κ3) is 4.01. The van der Waals surface area contributed by atoms with Gasteiger partial charge in [-0.15, -0.1) is 0 Å². The third-order valence-corrected chi connectivity index (χ3v) is 4.45. The second kappa shape index (κ2) is 7.75. The van der Waals surface area contributed by atoms with Crippen molar-refractivity contribution in [3.63, 3.8) is 0 Å². The molecule has 0 saturated heterocycles. The maximum Gasteiger partial charge on any atom is 0.222 e. The highest BCUT2D eigenvalue weighted by Gasteiger charge is 2.15. The SMILES string of the molecule is CCC(=O)N(CCOC)Cc1cc2ccc(C)c(C)c2nc1Cl. The molecule has 1 aromatic carbocycles. The van der Waals surface area contributed by atoms with Crippen LogP contribution < -0.4 is 0 Å². The minimum absolute atomic E-state index is 0.0818. The maximum atomic E-state index is 12.1. The zero-order valence-corrected chi connectivity index (χ0v) is 14.9. The number of aryl methyl sites for hydroxylation is 2. The van der Waals surface area contributed by atoms with Gasteiger partial charge in [-0.1, -0.05) is 30.7 Å². The topological polar surface area (TPSA) is 42.4 Å². The summed E-state index contributed by atoms with van der Waals surface area (Å²) in [7, 11) is 1.63. The summed E-state index contributed by atoms with van der Waals surface area (Å²) < 4.78 is 5.09. The van der Waals surface area contributed by atoms with Gasteiger partial charge in [0.1, 0.15) is 5.15 Å². The second-order valence-electron chi connectivity index (χ2n) is 5.68. The van der Waals surface area contributed by atoms with Gasteiger partial charge in [0.15, 0.2) is 0 Å². The first-order valence-corrected chi connectivity index (χ1v) is 8.17. The minimum Gasteiger partial charge on any atom is -0.383 e. The van der Waals surface area contributed by atoms with Crippen LogP contribution in [0.1, 0.15) is 30.0 Å². The second-order valence-corrected chi connectivity index (χ2v) is 6.04. The van der Waals surface area contributed by atoms with Crippen molar-refractivity contribution < 1.29 is 9.53 Å². The molecule has 0 atom stereocenters. The minimum atomic E-state index is 0.0818. The Bertz CT molecular complexity index is 716. The average Bonchev–Trinajstić information content (AvgIpc) is 2.55. The largest absolute Gasteiger partial charge is 0.383 e. The first kappa shape index (κ1) is 17.7. The van der Waals surface area contributed by atoms with Gasteiger partial charge in [0.25, 0.3) is 0 Å². The molecule has 1 amide bonds. The number of nitrogens with zero attached hydrogens (tertiary/aromatic N) is 2. The van der Waals surface area contributed by atoms with Crippen molar-refractivity contribution >= 4 is 28.4 Å². The van der Waals surface area contributed by atoms with Crippen molar-refractivity contribution in [2.45, 2.75) is 33.7 Å². The Morgan fingerprint density at radius 1 is 1.35 bits per heavy atom. The van der Waals surface area contributed by atoms with Gasteiger partial charge in [-0.05, 0) is 31.0 Å². The number of hydrogen-bond acceptors (Lipinski definition) is 3. The fourth-order valence-corrected chi connectivity index (χ4v) is 2.74. The van der Waals surface area contributed by atoms with Crippen molar-refractivity contribution in [3.05, 3.63) is 40.0 Å². The van der Waals surface area contributed by atoms with Crippen LogP contribution in [0.5, 0.6) is 0 Å². The molecule has 124 valence electrons. The van der Waals surface area contributed by atoms with Crippen LogP contribution in [0.4, 0.5) is 0 Å². The highest BCUT2D eigenvalue weighted by Crippen LogP contribution is 2.25. The van der Waals surface area contributed by atoms with Crippen molar-refractivity contribution in [1.82, 2.24) is 9.88 Å². The van der Waals surface area contributed by atoms with Crippen LogP contribution in [0.15, 0.2) is 18.2 Å². The van der Waals surface area contributed by atoms with Crippen molar-refractivity contribution in [3.8, 4) is 0 Å². The highest BCUT2D eigenvalue weighted by atomic mass is 35.5. The molecule has 2 aromatic rings. The molecule has 0 radical (unpaired) electrons. The van der Waals surface area contributed by atoms with Gasteiger partial charge in [0, 0.05) is 37.6 Å². The van der Waals surface area contributed by atoms with E-state index >= 15 is 0 Å². The lowest BCUT2D eigenvalue weighted by atomic mass is 10.0. The molecule has 0 unspecified atom stereocenters. The molecule has 0 fully saturated rings. The van der Waals surface area contributed by atoms with Crippen LogP contribution in [-0.4, -0.2) is 36.1 Å². The van der Waals surface area contributed by atoms with Crippen molar-refractivity contribution in [1.29, 1.82) is 0 Å². The maximum absolute atomic E-state index is 12.1. The number of halogens is 1. The lowest BCUT2D eigenvalue weighted by molar-refractivity contribution is -0.132. The Kier molecular flexibility index (Phi) is 5.97. The van der Waals surface area contributed by atoms with Gasteiger partial charge < -0.3 is 9.64 Å². The molecular formula is C18H23ClN2O2. The number of hydrogen-bond donors (Lipinski definition) is 0.